The summed E-state index contributed by atoms with van der Waals surface area (Å²) in [4.78, 5) is 2.36. The highest BCUT2D eigenvalue weighted by Crippen LogP contribution is 2.36. The van der Waals surface area contributed by atoms with Crippen molar-refractivity contribution < 1.29 is 9.13 Å². The van der Waals surface area contributed by atoms with Gasteiger partial charge in [-0.2, -0.15) is 0 Å². The molecule has 1 N–H and O–H groups in total. The van der Waals surface area contributed by atoms with Crippen molar-refractivity contribution in [1.82, 2.24) is 10.2 Å². The van der Waals surface area contributed by atoms with Gasteiger partial charge in [0.05, 0.1) is 13.2 Å². The summed E-state index contributed by atoms with van der Waals surface area (Å²) in [5.41, 5.74) is 0.700. The Bertz CT molecular complexity index is 430. The monoisotopic (exact) mass is 282 g/mol. The summed E-state index contributed by atoms with van der Waals surface area (Å²) in [5.74, 6) is 0.474. The Morgan fingerprint density at radius 1 is 1.30 bits per heavy atom. The van der Waals surface area contributed by atoms with Crippen LogP contribution in [0.2, 0.25) is 0 Å². The molecule has 0 aliphatic rings. The lowest BCUT2D eigenvalue weighted by Crippen LogP contribution is -2.52. The lowest BCUT2D eigenvalue weighted by Gasteiger charge is -2.43. The summed E-state index contributed by atoms with van der Waals surface area (Å²) in [6, 6.07) is 4.66. The Hall–Kier alpha value is -1.13. The molecular formula is C16H27FN2O. The van der Waals surface area contributed by atoms with Gasteiger partial charge in [-0.3, -0.25) is 4.90 Å². The van der Waals surface area contributed by atoms with Gasteiger partial charge in [0, 0.05) is 11.1 Å². The maximum atomic E-state index is 13.6. The van der Waals surface area contributed by atoms with Crippen molar-refractivity contribution in [1.29, 1.82) is 0 Å². The van der Waals surface area contributed by atoms with Crippen LogP contribution >= 0.6 is 0 Å². The van der Waals surface area contributed by atoms with Crippen molar-refractivity contribution in [3.63, 3.8) is 0 Å². The van der Waals surface area contributed by atoms with Gasteiger partial charge in [0.25, 0.3) is 0 Å². The number of hydrogen-bond acceptors (Lipinski definition) is 3. The number of nitrogens with zero attached hydrogens (tertiary/aromatic N) is 1. The molecule has 0 amide bonds. The fourth-order valence-corrected chi connectivity index (χ4v) is 3.04. The first kappa shape index (κ1) is 16.9. The molecule has 1 atom stereocenters. The van der Waals surface area contributed by atoms with E-state index in [0.717, 1.165) is 18.7 Å². The largest absolute Gasteiger partial charge is 0.496 e. The van der Waals surface area contributed by atoms with Gasteiger partial charge >= 0.3 is 0 Å². The van der Waals surface area contributed by atoms with Gasteiger partial charge in [-0.15, -0.1) is 0 Å². The minimum Gasteiger partial charge on any atom is -0.496 e. The Kier molecular flexibility index (Phi) is 5.96. The Balaban J connectivity index is 3.28. The number of ether oxygens (including phenoxy) is 1. The molecule has 0 saturated heterocycles. The average molecular weight is 282 g/mol. The second-order valence-electron chi connectivity index (χ2n) is 5.43. The van der Waals surface area contributed by atoms with Crippen LogP contribution in [0.15, 0.2) is 18.2 Å². The third-order valence-electron chi connectivity index (χ3n) is 4.08. The second kappa shape index (κ2) is 7.04. The van der Waals surface area contributed by atoms with Crippen molar-refractivity contribution in [3.05, 3.63) is 29.6 Å². The predicted octanol–water partition coefficient (Wildman–Crippen LogP) is 3.22. The molecule has 114 valence electrons. The van der Waals surface area contributed by atoms with E-state index >= 15 is 0 Å². The zero-order valence-corrected chi connectivity index (χ0v) is 13.5. The van der Waals surface area contributed by atoms with Crippen molar-refractivity contribution in [2.45, 2.75) is 39.3 Å². The quantitative estimate of drug-likeness (QED) is 0.831. The molecule has 0 aliphatic heterocycles. The van der Waals surface area contributed by atoms with Crippen LogP contribution in [0.5, 0.6) is 5.75 Å². The van der Waals surface area contributed by atoms with Crippen molar-refractivity contribution in [3.8, 4) is 5.75 Å². The third-order valence-corrected chi connectivity index (χ3v) is 4.08. The normalized spacial score (nSPS) is 13.6. The highest BCUT2D eigenvalue weighted by molar-refractivity contribution is 5.38. The van der Waals surface area contributed by atoms with E-state index < -0.39 is 0 Å². The van der Waals surface area contributed by atoms with E-state index in [1.807, 2.05) is 7.05 Å². The first-order chi connectivity index (χ1) is 9.42. The molecule has 1 unspecified atom stereocenters. The van der Waals surface area contributed by atoms with Crippen LogP contribution in [0.1, 0.15) is 39.3 Å². The number of hydrogen-bond donors (Lipinski definition) is 1. The van der Waals surface area contributed by atoms with Crippen LogP contribution in [0, 0.1) is 5.82 Å². The summed E-state index contributed by atoms with van der Waals surface area (Å²) in [6.45, 7) is 10.5. The van der Waals surface area contributed by atoms with Gasteiger partial charge in [0.2, 0.25) is 0 Å². The summed E-state index contributed by atoms with van der Waals surface area (Å²) in [5, 5.41) is 3.32. The smallest absolute Gasteiger partial charge is 0.123 e. The van der Waals surface area contributed by atoms with E-state index in [2.05, 4.69) is 37.9 Å². The minimum atomic E-state index is -0.239. The van der Waals surface area contributed by atoms with Crippen LogP contribution in [0.25, 0.3) is 0 Å². The summed E-state index contributed by atoms with van der Waals surface area (Å²) in [6.07, 6.45) is 0. The molecular weight excluding hydrogens is 255 g/mol. The standard InChI is InChI=1S/C16H27FN2O/c1-7-19(8-2)16(3,4)15(18-5)13-11-12(17)9-10-14(13)20-6/h9-11,15,18H,7-8H2,1-6H3. The van der Waals surface area contributed by atoms with E-state index in [4.69, 9.17) is 4.74 Å². The molecule has 0 saturated carbocycles. The minimum absolute atomic E-state index is 0.0203. The van der Waals surface area contributed by atoms with Gasteiger partial charge in [0.1, 0.15) is 11.6 Å². The summed E-state index contributed by atoms with van der Waals surface area (Å²) < 4.78 is 19.0. The van der Waals surface area contributed by atoms with Crippen LogP contribution in [0.3, 0.4) is 0 Å². The van der Waals surface area contributed by atoms with Crippen LogP contribution in [-0.4, -0.2) is 37.7 Å². The number of halogens is 1. The predicted molar refractivity (Wildman–Crippen MR) is 81.8 cm³/mol. The zero-order chi connectivity index (χ0) is 15.3. The molecule has 0 fully saturated rings. The lowest BCUT2D eigenvalue weighted by atomic mass is 9.86. The Morgan fingerprint density at radius 3 is 2.35 bits per heavy atom. The Morgan fingerprint density at radius 2 is 1.90 bits per heavy atom. The van der Waals surface area contributed by atoms with Gasteiger partial charge in [-0.05, 0) is 52.2 Å². The van der Waals surface area contributed by atoms with E-state index in [-0.39, 0.29) is 17.4 Å². The molecule has 1 aromatic carbocycles. The molecule has 1 aromatic rings. The molecule has 0 spiro atoms. The fraction of sp³-hybridized carbons (Fsp3) is 0.625. The van der Waals surface area contributed by atoms with Crippen LogP contribution in [0.4, 0.5) is 4.39 Å². The molecule has 3 nitrogen and oxygen atoms in total. The van der Waals surface area contributed by atoms with Gasteiger partial charge in [-0.1, -0.05) is 13.8 Å². The van der Waals surface area contributed by atoms with Crippen LogP contribution in [-0.2, 0) is 0 Å². The number of rotatable bonds is 7. The molecule has 0 aromatic heterocycles. The molecule has 1 rings (SSSR count). The van der Waals surface area contributed by atoms with Crippen molar-refractivity contribution in [2.75, 3.05) is 27.2 Å². The number of benzene rings is 1. The van der Waals surface area contributed by atoms with Crippen LogP contribution < -0.4 is 10.1 Å². The molecule has 0 heterocycles. The van der Waals surface area contributed by atoms with Gasteiger partial charge in [-0.25, -0.2) is 4.39 Å². The van der Waals surface area contributed by atoms with Crippen molar-refractivity contribution in [2.24, 2.45) is 0 Å². The number of likely N-dealkylation sites (N-methyl/N-ethyl adjacent to an activating group) is 2. The number of methoxy groups -OCH3 is 1. The topological polar surface area (TPSA) is 24.5 Å². The maximum Gasteiger partial charge on any atom is 0.123 e. The molecule has 0 radical (unpaired) electrons. The summed E-state index contributed by atoms with van der Waals surface area (Å²) in [7, 11) is 3.52. The Labute approximate surface area is 122 Å². The molecule has 0 bridgehead atoms. The highest BCUT2D eigenvalue weighted by Gasteiger charge is 2.35. The second-order valence-corrected chi connectivity index (χ2v) is 5.43. The first-order valence-electron chi connectivity index (χ1n) is 7.18. The average Bonchev–Trinajstić information content (AvgIpc) is 2.40. The lowest BCUT2D eigenvalue weighted by molar-refractivity contribution is 0.0932. The van der Waals surface area contributed by atoms with E-state index in [1.165, 1.54) is 6.07 Å². The van der Waals surface area contributed by atoms with Gasteiger partial charge < -0.3 is 10.1 Å². The SMILES string of the molecule is CCN(CC)C(C)(C)C(NC)c1cc(F)ccc1OC. The van der Waals surface area contributed by atoms with Crippen molar-refractivity contribution >= 4 is 0 Å². The fourth-order valence-electron chi connectivity index (χ4n) is 3.04. The molecule has 0 aliphatic carbocycles. The third kappa shape index (κ3) is 3.30. The number of nitrogens with one attached hydrogen (secondary N) is 1. The zero-order valence-electron chi connectivity index (χ0n) is 13.5. The van der Waals surface area contributed by atoms with E-state index in [0.29, 0.717) is 5.75 Å². The maximum absolute atomic E-state index is 13.6. The summed E-state index contributed by atoms with van der Waals surface area (Å²) >= 11 is 0. The first-order valence-corrected chi connectivity index (χ1v) is 7.18. The van der Waals surface area contributed by atoms with E-state index in [9.17, 15) is 4.39 Å². The molecule has 20 heavy (non-hydrogen) atoms. The molecule has 4 heteroatoms. The highest BCUT2D eigenvalue weighted by atomic mass is 19.1. The van der Waals surface area contributed by atoms with E-state index in [1.54, 1.807) is 19.2 Å². The van der Waals surface area contributed by atoms with Gasteiger partial charge in [0.15, 0.2) is 0 Å².